The van der Waals surface area contributed by atoms with E-state index in [0.717, 1.165) is 40.2 Å². The van der Waals surface area contributed by atoms with Crippen LogP contribution in [0.1, 0.15) is 26.2 Å². The van der Waals surface area contributed by atoms with Gasteiger partial charge in [-0.1, -0.05) is 0 Å². The zero-order valence-electron chi connectivity index (χ0n) is 12.6. The monoisotopic (exact) mass is 416 g/mol. The topological polar surface area (TPSA) is 24.5 Å². The molecule has 1 N–H and O–H groups in total. The van der Waals surface area contributed by atoms with E-state index in [1.165, 1.54) is 24.9 Å². The van der Waals surface area contributed by atoms with Gasteiger partial charge in [0, 0.05) is 29.2 Å². The molecule has 1 heterocycles. The average Bonchev–Trinajstić information content (AvgIpc) is 3.26. The van der Waals surface area contributed by atoms with Gasteiger partial charge in [0.15, 0.2) is 0 Å². The van der Waals surface area contributed by atoms with Crippen LogP contribution in [0.5, 0.6) is 5.75 Å². The van der Waals surface area contributed by atoms with Crippen LogP contribution in [0.3, 0.4) is 0 Å². The van der Waals surface area contributed by atoms with Crippen LogP contribution >= 0.6 is 31.9 Å². The molecule has 1 aliphatic carbocycles. The molecule has 21 heavy (non-hydrogen) atoms. The lowest BCUT2D eigenvalue weighted by Gasteiger charge is -2.35. The lowest BCUT2D eigenvalue weighted by Crippen LogP contribution is -2.51. The van der Waals surface area contributed by atoms with Crippen molar-refractivity contribution in [2.75, 3.05) is 31.6 Å². The van der Waals surface area contributed by atoms with Crippen molar-refractivity contribution in [3.8, 4) is 5.75 Å². The van der Waals surface area contributed by atoms with E-state index in [2.05, 4.69) is 61.1 Å². The first-order valence-corrected chi connectivity index (χ1v) is 9.15. The molecule has 3 rings (SSSR count). The molecule has 1 aromatic rings. The van der Waals surface area contributed by atoms with Gasteiger partial charge in [-0.2, -0.15) is 0 Å². The van der Waals surface area contributed by atoms with Crippen LogP contribution in [0.2, 0.25) is 0 Å². The van der Waals surface area contributed by atoms with E-state index in [1.807, 2.05) is 0 Å². The van der Waals surface area contributed by atoms with Crippen molar-refractivity contribution in [3.63, 3.8) is 0 Å². The molecule has 0 amide bonds. The number of hydrogen-bond acceptors (Lipinski definition) is 3. The predicted octanol–water partition coefficient (Wildman–Crippen LogP) is 4.19. The Kier molecular flexibility index (Phi) is 4.53. The second kappa shape index (κ2) is 6.09. The van der Waals surface area contributed by atoms with E-state index >= 15 is 0 Å². The Balaban J connectivity index is 1.91. The number of nitrogens with zero attached hydrogens (tertiary/aromatic N) is 1. The van der Waals surface area contributed by atoms with E-state index in [0.29, 0.717) is 0 Å². The Hall–Kier alpha value is -0.260. The van der Waals surface area contributed by atoms with Crippen LogP contribution in [0.4, 0.5) is 5.69 Å². The summed E-state index contributed by atoms with van der Waals surface area (Å²) < 4.78 is 7.57. The standard InChI is InChI=1S/C16H22Br2N2O/c1-16(11-4-5-11)10-20(7-3-6-19-16)14-9-15(21-2)13(18)8-12(14)17/h8-9,11,19H,3-7,10H2,1-2H3. The minimum absolute atomic E-state index is 0.232. The highest BCUT2D eigenvalue weighted by Crippen LogP contribution is 2.43. The third-order valence-corrected chi connectivity index (χ3v) is 5.95. The maximum absolute atomic E-state index is 5.46. The Labute approximate surface area is 143 Å². The second-order valence-electron chi connectivity index (χ2n) is 6.33. The molecule has 2 aliphatic rings. The molecule has 1 aromatic carbocycles. The van der Waals surface area contributed by atoms with Gasteiger partial charge < -0.3 is 15.0 Å². The van der Waals surface area contributed by atoms with E-state index in [-0.39, 0.29) is 5.54 Å². The molecule has 1 atom stereocenters. The largest absolute Gasteiger partial charge is 0.495 e. The molecule has 0 bridgehead atoms. The summed E-state index contributed by atoms with van der Waals surface area (Å²) in [6.07, 6.45) is 3.90. The molecule has 0 radical (unpaired) electrons. The highest BCUT2D eigenvalue weighted by Gasteiger charge is 2.43. The molecule has 1 saturated carbocycles. The summed E-state index contributed by atoms with van der Waals surface area (Å²) in [4.78, 5) is 2.50. The number of hydrogen-bond donors (Lipinski definition) is 1. The van der Waals surface area contributed by atoms with Crippen LogP contribution in [0.25, 0.3) is 0 Å². The summed E-state index contributed by atoms with van der Waals surface area (Å²) in [5.41, 5.74) is 1.46. The van der Waals surface area contributed by atoms with Gasteiger partial charge in [-0.3, -0.25) is 0 Å². The number of ether oxygens (including phenoxy) is 1. The van der Waals surface area contributed by atoms with Crippen molar-refractivity contribution < 1.29 is 4.74 Å². The smallest absolute Gasteiger partial charge is 0.135 e. The van der Waals surface area contributed by atoms with Gasteiger partial charge >= 0.3 is 0 Å². The van der Waals surface area contributed by atoms with Crippen LogP contribution in [0, 0.1) is 5.92 Å². The van der Waals surface area contributed by atoms with Gasteiger partial charge in [0.1, 0.15) is 5.75 Å². The number of methoxy groups -OCH3 is 1. The van der Waals surface area contributed by atoms with E-state index in [9.17, 15) is 0 Å². The minimum Gasteiger partial charge on any atom is -0.495 e. The van der Waals surface area contributed by atoms with Crippen molar-refractivity contribution in [1.82, 2.24) is 5.32 Å². The van der Waals surface area contributed by atoms with Gasteiger partial charge in [-0.25, -0.2) is 0 Å². The first kappa shape index (κ1) is 15.6. The third-order valence-electron chi connectivity index (χ3n) is 4.69. The fraction of sp³-hybridized carbons (Fsp3) is 0.625. The van der Waals surface area contributed by atoms with Crippen LogP contribution in [-0.2, 0) is 0 Å². The van der Waals surface area contributed by atoms with Gasteiger partial charge in [-0.15, -0.1) is 0 Å². The number of halogens is 2. The van der Waals surface area contributed by atoms with Crippen molar-refractivity contribution in [2.24, 2.45) is 5.92 Å². The first-order chi connectivity index (χ1) is 10.0. The number of anilines is 1. The molecule has 1 unspecified atom stereocenters. The number of benzene rings is 1. The maximum Gasteiger partial charge on any atom is 0.135 e. The lowest BCUT2D eigenvalue weighted by atomic mass is 9.95. The summed E-state index contributed by atoms with van der Waals surface area (Å²) in [6, 6.07) is 4.22. The van der Waals surface area contributed by atoms with Crippen molar-refractivity contribution in [3.05, 3.63) is 21.1 Å². The molecule has 2 fully saturated rings. The molecule has 1 saturated heterocycles. The lowest BCUT2D eigenvalue weighted by molar-refractivity contribution is 0.331. The fourth-order valence-corrected chi connectivity index (χ4v) is 4.70. The molecule has 3 nitrogen and oxygen atoms in total. The summed E-state index contributed by atoms with van der Waals surface area (Å²) in [5.74, 6) is 1.72. The molecule has 1 aliphatic heterocycles. The first-order valence-electron chi connectivity index (χ1n) is 7.56. The van der Waals surface area contributed by atoms with Gasteiger partial charge in [0.2, 0.25) is 0 Å². The normalized spacial score (nSPS) is 26.6. The molecule has 5 heteroatoms. The second-order valence-corrected chi connectivity index (χ2v) is 8.04. The van der Waals surface area contributed by atoms with Crippen LogP contribution in [0.15, 0.2) is 21.1 Å². The molecule has 116 valence electrons. The molecular formula is C16H22Br2N2O. The van der Waals surface area contributed by atoms with Gasteiger partial charge in [-0.05, 0) is 76.6 Å². The molecule has 0 spiro atoms. The Morgan fingerprint density at radius 3 is 2.71 bits per heavy atom. The van der Waals surface area contributed by atoms with Crippen LogP contribution in [-0.4, -0.2) is 32.3 Å². The van der Waals surface area contributed by atoms with E-state index in [1.54, 1.807) is 7.11 Å². The average molecular weight is 418 g/mol. The highest BCUT2D eigenvalue weighted by molar-refractivity contribution is 9.11. The van der Waals surface area contributed by atoms with Crippen molar-refractivity contribution >= 4 is 37.5 Å². The minimum atomic E-state index is 0.232. The van der Waals surface area contributed by atoms with Gasteiger partial charge in [0.25, 0.3) is 0 Å². The molecule has 0 aromatic heterocycles. The molecular weight excluding hydrogens is 396 g/mol. The van der Waals surface area contributed by atoms with E-state index < -0.39 is 0 Å². The SMILES string of the molecule is COc1cc(N2CCCNC(C)(C3CC3)C2)c(Br)cc1Br. The predicted molar refractivity (Wildman–Crippen MR) is 94.4 cm³/mol. The fourth-order valence-electron chi connectivity index (χ4n) is 3.29. The highest BCUT2D eigenvalue weighted by atomic mass is 79.9. The van der Waals surface area contributed by atoms with Crippen molar-refractivity contribution in [2.45, 2.75) is 31.7 Å². The Morgan fingerprint density at radius 1 is 1.29 bits per heavy atom. The summed E-state index contributed by atoms with van der Waals surface area (Å²) >= 11 is 7.26. The third kappa shape index (κ3) is 3.25. The summed E-state index contributed by atoms with van der Waals surface area (Å²) in [5, 5.41) is 3.78. The Morgan fingerprint density at radius 2 is 2.05 bits per heavy atom. The number of rotatable bonds is 3. The number of nitrogens with one attached hydrogen (secondary N) is 1. The summed E-state index contributed by atoms with van der Waals surface area (Å²) in [7, 11) is 1.72. The van der Waals surface area contributed by atoms with Crippen LogP contribution < -0.4 is 15.0 Å². The van der Waals surface area contributed by atoms with Gasteiger partial charge in [0.05, 0.1) is 17.3 Å². The zero-order valence-corrected chi connectivity index (χ0v) is 15.8. The summed E-state index contributed by atoms with van der Waals surface area (Å²) in [6.45, 7) is 5.63. The van der Waals surface area contributed by atoms with E-state index in [4.69, 9.17) is 4.74 Å². The maximum atomic E-state index is 5.46. The Bertz CT molecular complexity index is 533. The quantitative estimate of drug-likeness (QED) is 0.797. The van der Waals surface area contributed by atoms with Crippen molar-refractivity contribution in [1.29, 1.82) is 0 Å². The zero-order chi connectivity index (χ0) is 15.0.